The number of hydrogen-bond donors (Lipinski definition) is 2. The van der Waals surface area contributed by atoms with Gasteiger partial charge in [-0.1, -0.05) is 12.1 Å². The SMILES string of the molecule is CC(C)Oc1ccc(C(C)NC(=O)CC2CNCCO2)cc1.Cl. The third-order valence-corrected chi connectivity index (χ3v) is 3.55. The first-order valence-corrected chi connectivity index (χ1v) is 7.93. The molecule has 1 aliphatic heterocycles. The van der Waals surface area contributed by atoms with E-state index in [1.807, 2.05) is 45.0 Å². The third kappa shape index (κ3) is 6.77. The summed E-state index contributed by atoms with van der Waals surface area (Å²) in [4.78, 5) is 12.1. The van der Waals surface area contributed by atoms with Crippen LogP contribution >= 0.6 is 12.4 Å². The summed E-state index contributed by atoms with van der Waals surface area (Å²) in [5, 5.41) is 6.24. The molecule has 23 heavy (non-hydrogen) atoms. The van der Waals surface area contributed by atoms with Gasteiger partial charge in [-0.3, -0.25) is 4.79 Å². The molecule has 0 radical (unpaired) electrons. The zero-order valence-electron chi connectivity index (χ0n) is 14.0. The van der Waals surface area contributed by atoms with Crippen LogP contribution in [0.5, 0.6) is 5.75 Å². The van der Waals surface area contributed by atoms with Crippen molar-refractivity contribution >= 4 is 18.3 Å². The van der Waals surface area contributed by atoms with Gasteiger partial charge in [-0.2, -0.15) is 0 Å². The van der Waals surface area contributed by atoms with Crippen molar-refractivity contribution in [1.29, 1.82) is 0 Å². The maximum Gasteiger partial charge on any atom is 0.223 e. The Morgan fingerprint density at radius 1 is 1.35 bits per heavy atom. The number of amides is 1. The Morgan fingerprint density at radius 3 is 2.61 bits per heavy atom. The number of hydrogen-bond acceptors (Lipinski definition) is 4. The van der Waals surface area contributed by atoms with Gasteiger partial charge in [0.2, 0.25) is 5.91 Å². The van der Waals surface area contributed by atoms with E-state index in [1.165, 1.54) is 0 Å². The van der Waals surface area contributed by atoms with E-state index in [4.69, 9.17) is 9.47 Å². The molecule has 5 nitrogen and oxygen atoms in total. The van der Waals surface area contributed by atoms with Crippen LogP contribution in [-0.2, 0) is 9.53 Å². The summed E-state index contributed by atoms with van der Waals surface area (Å²) in [5.74, 6) is 0.864. The summed E-state index contributed by atoms with van der Waals surface area (Å²) in [6, 6.07) is 7.82. The summed E-state index contributed by atoms with van der Waals surface area (Å²) >= 11 is 0. The number of morpholine rings is 1. The quantitative estimate of drug-likeness (QED) is 0.833. The van der Waals surface area contributed by atoms with Crippen molar-refractivity contribution in [2.45, 2.75) is 45.4 Å². The predicted molar refractivity (Wildman–Crippen MR) is 93.2 cm³/mol. The van der Waals surface area contributed by atoms with Crippen molar-refractivity contribution in [3.63, 3.8) is 0 Å². The molecular formula is C17H27ClN2O3. The molecule has 1 amide bonds. The van der Waals surface area contributed by atoms with Gasteiger partial charge in [-0.25, -0.2) is 0 Å². The highest BCUT2D eigenvalue weighted by Crippen LogP contribution is 2.18. The van der Waals surface area contributed by atoms with Crippen LogP contribution in [0.3, 0.4) is 0 Å². The van der Waals surface area contributed by atoms with Crippen LogP contribution in [0.15, 0.2) is 24.3 Å². The molecule has 0 aliphatic carbocycles. The number of ether oxygens (including phenoxy) is 2. The third-order valence-electron chi connectivity index (χ3n) is 3.55. The van der Waals surface area contributed by atoms with E-state index >= 15 is 0 Å². The summed E-state index contributed by atoms with van der Waals surface area (Å²) in [5.41, 5.74) is 1.06. The minimum absolute atomic E-state index is 0. The van der Waals surface area contributed by atoms with E-state index in [9.17, 15) is 4.79 Å². The highest BCUT2D eigenvalue weighted by molar-refractivity contribution is 5.85. The fraction of sp³-hybridized carbons (Fsp3) is 0.588. The summed E-state index contributed by atoms with van der Waals surface area (Å²) in [7, 11) is 0. The molecule has 6 heteroatoms. The average Bonchev–Trinajstić information content (AvgIpc) is 2.48. The standard InChI is InChI=1S/C17H26N2O3.ClH/c1-12(2)22-15-6-4-14(5-7-15)13(3)19-17(20)10-16-11-18-8-9-21-16;/h4-7,12-13,16,18H,8-11H2,1-3H3,(H,19,20);1H. The van der Waals surface area contributed by atoms with Gasteiger partial charge >= 0.3 is 0 Å². The van der Waals surface area contributed by atoms with Crippen LogP contribution in [0.1, 0.15) is 38.8 Å². The monoisotopic (exact) mass is 342 g/mol. The minimum Gasteiger partial charge on any atom is -0.491 e. The van der Waals surface area contributed by atoms with E-state index in [1.54, 1.807) is 0 Å². The Hall–Kier alpha value is -1.30. The number of benzene rings is 1. The molecule has 1 aliphatic rings. The van der Waals surface area contributed by atoms with Gasteiger partial charge in [0.15, 0.2) is 0 Å². The lowest BCUT2D eigenvalue weighted by molar-refractivity contribution is -0.125. The topological polar surface area (TPSA) is 59.6 Å². The van der Waals surface area contributed by atoms with Gasteiger partial charge in [-0.15, -0.1) is 12.4 Å². The van der Waals surface area contributed by atoms with Gasteiger partial charge in [0.1, 0.15) is 5.75 Å². The Morgan fingerprint density at radius 2 is 2.04 bits per heavy atom. The van der Waals surface area contributed by atoms with Crippen LogP contribution in [0, 0.1) is 0 Å². The van der Waals surface area contributed by atoms with Crippen molar-refractivity contribution in [1.82, 2.24) is 10.6 Å². The van der Waals surface area contributed by atoms with Crippen LogP contribution in [0.25, 0.3) is 0 Å². The van der Waals surface area contributed by atoms with Crippen LogP contribution < -0.4 is 15.4 Å². The molecule has 0 bridgehead atoms. The molecule has 2 N–H and O–H groups in total. The molecule has 1 saturated heterocycles. The summed E-state index contributed by atoms with van der Waals surface area (Å²) in [6.07, 6.45) is 0.529. The van der Waals surface area contributed by atoms with E-state index in [0.717, 1.165) is 24.4 Å². The lowest BCUT2D eigenvalue weighted by Gasteiger charge is -2.24. The molecule has 2 rings (SSSR count). The van der Waals surface area contributed by atoms with Gasteiger partial charge in [0, 0.05) is 13.1 Å². The van der Waals surface area contributed by atoms with E-state index in [-0.39, 0.29) is 36.6 Å². The Bertz CT molecular complexity index is 473. The first kappa shape index (κ1) is 19.7. The minimum atomic E-state index is -0.0304. The zero-order valence-corrected chi connectivity index (χ0v) is 14.8. The lowest BCUT2D eigenvalue weighted by atomic mass is 10.1. The molecule has 1 aromatic carbocycles. The van der Waals surface area contributed by atoms with Crippen molar-refractivity contribution in [3.05, 3.63) is 29.8 Å². The molecule has 0 saturated carbocycles. The maximum absolute atomic E-state index is 12.1. The molecule has 0 aromatic heterocycles. The average molecular weight is 343 g/mol. The number of halogens is 1. The Kier molecular flexibility index (Phi) is 8.37. The van der Waals surface area contributed by atoms with Gasteiger partial charge in [0.25, 0.3) is 0 Å². The van der Waals surface area contributed by atoms with E-state index < -0.39 is 0 Å². The second kappa shape index (κ2) is 9.75. The van der Waals surface area contributed by atoms with E-state index in [2.05, 4.69) is 10.6 Å². The number of carbonyl (C=O) groups is 1. The normalized spacial score (nSPS) is 18.9. The summed E-state index contributed by atoms with van der Waals surface area (Å²) < 4.78 is 11.2. The highest BCUT2D eigenvalue weighted by atomic mass is 35.5. The van der Waals surface area contributed by atoms with Crippen LogP contribution in [0.4, 0.5) is 0 Å². The Labute approximate surface area is 144 Å². The fourth-order valence-electron chi connectivity index (χ4n) is 2.45. The van der Waals surface area contributed by atoms with Gasteiger partial charge < -0.3 is 20.1 Å². The molecular weight excluding hydrogens is 316 g/mol. The lowest BCUT2D eigenvalue weighted by Crippen LogP contribution is -2.41. The smallest absolute Gasteiger partial charge is 0.223 e. The number of carbonyl (C=O) groups excluding carboxylic acids is 1. The number of nitrogens with one attached hydrogen (secondary N) is 2. The van der Waals surface area contributed by atoms with Crippen molar-refractivity contribution in [3.8, 4) is 5.75 Å². The van der Waals surface area contributed by atoms with Crippen molar-refractivity contribution in [2.24, 2.45) is 0 Å². The predicted octanol–water partition coefficient (Wildman–Crippen LogP) is 2.45. The molecule has 1 fully saturated rings. The van der Waals surface area contributed by atoms with Crippen LogP contribution in [0.2, 0.25) is 0 Å². The molecule has 1 aromatic rings. The largest absolute Gasteiger partial charge is 0.491 e. The highest BCUT2D eigenvalue weighted by Gasteiger charge is 2.18. The molecule has 0 spiro atoms. The van der Waals surface area contributed by atoms with Crippen LogP contribution in [-0.4, -0.2) is 37.8 Å². The van der Waals surface area contributed by atoms with Crippen molar-refractivity contribution in [2.75, 3.05) is 19.7 Å². The molecule has 130 valence electrons. The number of rotatable bonds is 6. The van der Waals surface area contributed by atoms with Gasteiger partial charge in [-0.05, 0) is 38.5 Å². The second-order valence-electron chi connectivity index (χ2n) is 5.93. The Balaban J connectivity index is 0.00000264. The molecule has 2 atom stereocenters. The summed E-state index contributed by atoms with van der Waals surface area (Å²) in [6.45, 7) is 8.25. The van der Waals surface area contributed by atoms with Gasteiger partial charge in [0.05, 0.1) is 31.3 Å². The molecule has 2 unspecified atom stereocenters. The fourth-order valence-corrected chi connectivity index (χ4v) is 2.45. The zero-order chi connectivity index (χ0) is 15.9. The maximum atomic E-state index is 12.1. The molecule has 1 heterocycles. The first-order chi connectivity index (χ1) is 10.5. The van der Waals surface area contributed by atoms with E-state index in [0.29, 0.717) is 13.0 Å². The second-order valence-corrected chi connectivity index (χ2v) is 5.93. The first-order valence-electron chi connectivity index (χ1n) is 7.93. The van der Waals surface area contributed by atoms with Crippen molar-refractivity contribution < 1.29 is 14.3 Å².